The maximum atomic E-state index is 11.9. The van der Waals surface area contributed by atoms with Gasteiger partial charge in [-0.3, -0.25) is 0 Å². The molecule has 2 amide bonds. The summed E-state index contributed by atoms with van der Waals surface area (Å²) in [6.45, 7) is 2.02. The van der Waals surface area contributed by atoms with Crippen molar-refractivity contribution in [1.29, 1.82) is 0 Å². The van der Waals surface area contributed by atoms with Crippen molar-refractivity contribution in [2.45, 2.75) is 13.0 Å². The van der Waals surface area contributed by atoms with Crippen molar-refractivity contribution in [3.05, 3.63) is 36.2 Å². The van der Waals surface area contributed by atoms with Gasteiger partial charge in [-0.2, -0.15) is 0 Å². The standard InChI is InChI=1S/C13H13N3O4/c1-8(10-4-5-20-16-10)14-13(17)15-9-2-3-11-12(6-9)19-7-18-11/h2-6,8H,7H2,1H3,(H2,14,15,17)/t8-/m1/s1. The number of carbonyl (C=O) groups is 1. The molecule has 7 heteroatoms. The van der Waals surface area contributed by atoms with Crippen molar-refractivity contribution in [1.82, 2.24) is 10.5 Å². The lowest BCUT2D eigenvalue weighted by atomic mass is 10.2. The van der Waals surface area contributed by atoms with E-state index in [1.807, 2.05) is 6.92 Å². The number of hydrogen-bond donors (Lipinski definition) is 2. The van der Waals surface area contributed by atoms with E-state index in [2.05, 4.69) is 15.8 Å². The highest BCUT2D eigenvalue weighted by Crippen LogP contribution is 2.34. The minimum absolute atomic E-state index is 0.203. The number of carbonyl (C=O) groups excluding carboxylic acids is 1. The van der Waals surface area contributed by atoms with Gasteiger partial charge in [-0.1, -0.05) is 5.16 Å². The zero-order chi connectivity index (χ0) is 13.9. The molecular formula is C13H13N3O4. The largest absolute Gasteiger partial charge is 0.454 e. The van der Waals surface area contributed by atoms with Gasteiger partial charge in [-0.15, -0.1) is 0 Å². The van der Waals surface area contributed by atoms with Crippen LogP contribution in [0.5, 0.6) is 11.5 Å². The fourth-order valence-corrected chi connectivity index (χ4v) is 1.86. The Balaban J connectivity index is 1.61. The maximum absolute atomic E-state index is 11.9. The van der Waals surface area contributed by atoms with Crippen LogP contribution in [0.3, 0.4) is 0 Å². The van der Waals surface area contributed by atoms with E-state index in [-0.39, 0.29) is 18.9 Å². The Morgan fingerprint density at radius 3 is 2.95 bits per heavy atom. The number of anilines is 1. The highest BCUT2D eigenvalue weighted by molar-refractivity contribution is 5.89. The van der Waals surface area contributed by atoms with Crippen LogP contribution in [0, 0.1) is 0 Å². The molecule has 0 aliphatic carbocycles. The lowest BCUT2D eigenvalue weighted by molar-refractivity contribution is 0.174. The minimum Gasteiger partial charge on any atom is -0.454 e. The number of ether oxygens (including phenoxy) is 2. The summed E-state index contributed by atoms with van der Waals surface area (Å²) in [4.78, 5) is 11.9. The van der Waals surface area contributed by atoms with Gasteiger partial charge in [0.2, 0.25) is 6.79 Å². The number of fused-ring (bicyclic) bond motifs is 1. The third-order valence-corrected chi connectivity index (χ3v) is 2.88. The second kappa shape index (κ2) is 5.12. The number of hydrogen-bond acceptors (Lipinski definition) is 5. The van der Waals surface area contributed by atoms with Crippen LogP contribution in [-0.2, 0) is 0 Å². The molecule has 20 heavy (non-hydrogen) atoms. The number of benzene rings is 1. The number of rotatable bonds is 3. The molecule has 0 fully saturated rings. The van der Waals surface area contributed by atoms with Crippen molar-refractivity contribution >= 4 is 11.7 Å². The molecule has 7 nitrogen and oxygen atoms in total. The van der Waals surface area contributed by atoms with Gasteiger partial charge in [0.15, 0.2) is 11.5 Å². The Morgan fingerprint density at radius 1 is 1.30 bits per heavy atom. The van der Waals surface area contributed by atoms with Crippen LogP contribution in [0.15, 0.2) is 35.1 Å². The third kappa shape index (κ3) is 2.51. The number of nitrogens with one attached hydrogen (secondary N) is 2. The lowest BCUT2D eigenvalue weighted by Crippen LogP contribution is -2.31. The quantitative estimate of drug-likeness (QED) is 0.897. The summed E-state index contributed by atoms with van der Waals surface area (Å²) in [5.74, 6) is 1.29. The molecule has 3 rings (SSSR count). The Kier molecular flexibility index (Phi) is 3.16. The Hall–Kier alpha value is -2.70. The van der Waals surface area contributed by atoms with E-state index < -0.39 is 0 Å². The van der Waals surface area contributed by atoms with Crippen LogP contribution in [0.1, 0.15) is 18.7 Å². The molecule has 0 radical (unpaired) electrons. The Labute approximate surface area is 114 Å². The molecule has 1 aliphatic rings. The van der Waals surface area contributed by atoms with Gasteiger partial charge >= 0.3 is 6.03 Å². The monoisotopic (exact) mass is 275 g/mol. The molecule has 2 heterocycles. The molecule has 0 saturated heterocycles. The number of amides is 2. The summed E-state index contributed by atoms with van der Waals surface area (Å²) < 4.78 is 15.2. The molecule has 0 bridgehead atoms. The van der Waals surface area contributed by atoms with E-state index >= 15 is 0 Å². The predicted octanol–water partition coefficient (Wildman–Crippen LogP) is 2.29. The summed E-state index contributed by atoms with van der Waals surface area (Å²) in [5, 5.41) is 9.24. The van der Waals surface area contributed by atoms with E-state index in [9.17, 15) is 4.79 Å². The normalized spacial score (nSPS) is 13.8. The van der Waals surface area contributed by atoms with Crippen LogP contribution in [0.2, 0.25) is 0 Å². The Bertz CT molecular complexity index is 612. The smallest absolute Gasteiger partial charge is 0.319 e. The van der Waals surface area contributed by atoms with Gasteiger partial charge in [0.05, 0.1) is 6.04 Å². The molecule has 1 aliphatic heterocycles. The number of urea groups is 1. The van der Waals surface area contributed by atoms with Crippen LogP contribution >= 0.6 is 0 Å². The first-order valence-corrected chi connectivity index (χ1v) is 6.10. The Morgan fingerprint density at radius 2 is 2.15 bits per heavy atom. The van der Waals surface area contributed by atoms with Gasteiger partial charge in [0.1, 0.15) is 12.0 Å². The fraction of sp³-hybridized carbons (Fsp3) is 0.231. The first-order valence-electron chi connectivity index (χ1n) is 6.10. The van der Waals surface area contributed by atoms with E-state index in [1.165, 1.54) is 6.26 Å². The van der Waals surface area contributed by atoms with Crippen molar-refractivity contribution < 1.29 is 18.8 Å². The van der Waals surface area contributed by atoms with Gasteiger partial charge in [-0.25, -0.2) is 4.79 Å². The zero-order valence-electron chi connectivity index (χ0n) is 10.8. The molecule has 0 unspecified atom stereocenters. The lowest BCUT2D eigenvalue weighted by Gasteiger charge is -2.12. The molecule has 2 N–H and O–H groups in total. The second-order valence-corrected chi connectivity index (χ2v) is 4.31. The highest BCUT2D eigenvalue weighted by Gasteiger charge is 2.15. The fourth-order valence-electron chi connectivity index (χ4n) is 1.86. The highest BCUT2D eigenvalue weighted by atomic mass is 16.7. The summed E-state index contributed by atoms with van der Waals surface area (Å²) in [6, 6.07) is 6.32. The predicted molar refractivity (Wildman–Crippen MR) is 69.6 cm³/mol. The van der Waals surface area contributed by atoms with E-state index in [4.69, 9.17) is 14.0 Å². The third-order valence-electron chi connectivity index (χ3n) is 2.88. The summed E-state index contributed by atoms with van der Waals surface area (Å²) >= 11 is 0. The van der Waals surface area contributed by atoms with Gasteiger partial charge in [-0.05, 0) is 19.1 Å². The average molecular weight is 275 g/mol. The van der Waals surface area contributed by atoms with Crippen molar-refractivity contribution in [3.63, 3.8) is 0 Å². The summed E-state index contributed by atoms with van der Waals surface area (Å²) in [5.41, 5.74) is 1.28. The molecule has 1 atom stereocenters. The SMILES string of the molecule is C[C@@H](NC(=O)Nc1ccc2c(c1)OCO2)c1ccon1. The van der Waals surface area contributed by atoms with Crippen molar-refractivity contribution in [3.8, 4) is 11.5 Å². The van der Waals surface area contributed by atoms with E-state index in [0.29, 0.717) is 22.9 Å². The van der Waals surface area contributed by atoms with Crippen molar-refractivity contribution in [2.24, 2.45) is 0 Å². The first kappa shape index (κ1) is 12.3. The van der Waals surface area contributed by atoms with E-state index in [1.54, 1.807) is 24.3 Å². The summed E-state index contributed by atoms with van der Waals surface area (Å²) in [7, 11) is 0. The molecule has 1 aromatic heterocycles. The number of nitrogens with zero attached hydrogens (tertiary/aromatic N) is 1. The zero-order valence-corrected chi connectivity index (χ0v) is 10.8. The average Bonchev–Trinajstić information content (AvgIpc) is 3.09. The van der Waals surface area contributed by atoms with Gasteiger partial charge in [0.25, 0.3) is 0 Å². The van der Waals surface area contributed by atoms with Crippen molar-refractivity contribution in [2.75, 3.05) is 12.1 Å². The topological polar surface area (TPSA) is 85.6 Å². The maximum Gasteiger partial charge on any atom is 0.319 e. The van der Waals surface area contributed by atoms with Gasteiger partial charge in [0, 0.05) is 17.8 Å². The molecule has 104 valence electrons. The second-order valence-electron chi connectivity index (χ2n) is 4.31. The van der Waals surface area contributed by atoms with Crippen LogP contribution < -0.4 is 20.1 Å². The molecule has 2 aromatic rings. The van der Waals surface area contributed by atoms with E-state index in [0.717, 1.165) is 0 Å². The number of aromatic nitrogens is 1. The van der Waals surface area contributed by atoms with Gasteiger partial charge < -0.3 is 24.6 Å². The minimum atomic E-state index is -0.334. The molecule has 1 aromatic carbocycles. The summed E-state index contributed by atoms with van der Waals surface area (Å²) in [6.07, 6.45) is 1.46. The first-order chi connectivity index (χ1) is 9.72. The molecular weight excluding hydrogens is 262 g/mol. The molecule has 0 saturated carbocycles. The van der Waals surface area contributed by atoms with Crippen LogP contribution in [-0.4, -0.2) is 18.0 Å². The van der Waals surface area contributed by atoms with Crippen LogP contribution in [0.4, 0.5) is 10.5 Å². The molecule has 0 spiro atoms. The van der Waals surface area contributed by atoms with Crippen LogP contribution in [0.25, 0.3) is 0 Å².